The summed E-state index contributed by atoms with van der Waals surface area (Å²) in [6.45, 7) is 0. The molecule has 196 valence electrons. The lowest BCUT2D eigenvalue weighted by Gasteiger charge is -2.12. The van der Waals surface area contributed by atoms with E-state index in [4.69, 9.17) is 0 Å². The largest absolute Gasteiger partial charge is 0.378 e. The van der Waals surface area contributed by atoms with Crippen LogP contribution in [0.5, 0.6) is 0 Å². The summed E-state index contributed by atoms with van der Waals surface area (Å²) in [4.78, 5) is 37.3. The van der Waals surface area contributed by atoms with Crippen molar-refractivity contribution >= 4 is 45.6 Å². The topological polar surface area (TPSA) is 93.4 Å². The first-order chi connectivity index (χ1) is 18.8. The highest BCUT2D eigenvalue weighted by Gasteiger charge is 2.11. The smallest absolute Gasteiger partial charge is 0.255 e. The highest BCUT2D eigenvalue weighted by atomic mass is 16.2. The van der Waals surface area contributed by atoms with Gasteiger partial charge in [0.15, 0.2) is 0 Å². The molecule has 0 aliphatic carbocycles. The molecule has 0 atom stereocenters. The molecule has 0 aliphatic rings. The Balaban J connectivity index is 1.26. The van der Waals surface area contributed by atoms with Crippen molar-refractivity contribution in [2.24, 2.45) is 0 Å². The minimum absolute atomic E-state index is 0.167. The Labute approximate surface area is 227 Å². The molecular weight excluding hydrogens is 488 g/mol. The van der Waals surface area contributed by atoms with Gasteiger partial charge in [0, 0.05) is 67.6 Å². The molecule has 0 saturated carbocycles. The highest BCUT2D eigenvalue weighted by molar-refractivity contribution is 6.05. The Hall–Kier alpha value is -5.11. The molecule has 0 bridgehead atoms. The van der Waals surface area contributed by atoms with Gasteiger partial charge in [-0.25, -0.2) is 4.98 Å². The van der Waals surface area contributed by atoms with Gasteiger partial charge in [-0.3, -0.25) is 9.59 Å². The van der Waals surface area contributed by atoms with E-state index in [1.165, 1.54) is 0 Å². The maximum atomic E-state index is 12.7. The van der Waals surface area contributed by atoms with E-state index in [0.29, 0.717) is 28.3 Å². The van der Waals surface area contributed by atoms with Gasteiger partial charge < -0.3 is 25.4 Å². The summed E-state index contributed by atoms with van der Waals surface area (Å²) in [6.07, 6.45) is 0. The van der Waals surface area contributed by atoms with E-state index < -0.39 is 0 Å². The van der Waals surface area contributed by atoms with Crippen molar-refractivity contribution < 1.29 is 9.59 Å². The molecule has 3 N–H and O–H groups in total. The number of rotatable bonds is 7. The molecule has 5 aromatic rings. The van der Waals surface area contributed by atoms with Crippen LogP contribution in [0, 0.1) is 0 Å². The van der Waals surface area contributed by atoms with E-state index in [1.54, 1.807) is 0 Å². The van der Waals surface area contributed by atoms with Crippen molar-refractivity contribution in [2.75, 3.05) is 48.6 Å². The van der Waals surface area contributed by atoms with Crippen LogP contribution in [-0.2, 0) is 0 Å². The maximum Gasteiger partial charge on any atom is 0.255 e. The van der Waals surface area contributed by atoms with Gasteiger partial charge in [0.05, 0.1) is 11.0 Å². The zero-order valence-corrected chi connectivity index (χ0v) is 22.3. The summed E-state index contributed by atoms with van der Waals surface area (Å²) < 4.78 is 0. The third-order valence-electron chi connectivity index (χ3n) is 6.45. The molecule has 0 unspecified atom stereocenters. The first-order valence-electron chi connectivity index (χ1n) is 12.5. The van der Waals surface area contributed by atoms with Crippen LogP contribution in [0.4, 0.5) is 22.7 Å². The van der Waals surface area contributed by atoms with Crippen molar-refractivity contribution in [3.05, 3.63) is 102 Å². The van der Waals surface area contributed by atoms with Gasteiger partial charge in [0.1, 0.15) is 5.82 Å². The molecule has 39 heavy (non-hydrogen) atoms. The highest BCUT2D eigenvalue weighted by Crippen LogP contribution is 2.25. The zero-order valence-electron chi connectivity index (χ0n) is 22.3. The Kier molecular flexibility index (Phi) is 7.01. The monoisotopic (exact) mass is 518 g/mol. The zero-order chi connectivity index (χ0) is 27.5. The van der Waals surface area contributed by atoms with Crippen LogP contribution in [0.15, 0.2) is 91.0 Å². The molecule has 0 spiro atoms. The number of anilines is 4. The molecule has 1 heterocycles. The van der Waals surface area contributed by atoms with Gasteiger partial charge in [0.25, 0.3) is 11.8 Å². The summed E-state index contributed by atoms with van der Waals surface area (Å²) >= 11 is 0. The minimum Gasteiger partial charge on any atom is -0.378 e. The van der Waals surface area contributed by atoms with Crippen LogP contribution in [0.2, 0.25) is 0 Å². The quantitative estimate of drug-likeness (QED) is 0.251. The van der Waals surface area contributed by atoms with Crippen LogP contribution < -0.4 is 20.4 Å². The molecule has 1 aromatic heterocycles. The fourth-order valence-corrected chi connectivity index (χ4v) is 4.16. The van der Waals surface area contributed by atoms with E-state index in [-0.39, 0.29) is 11.8 Å². The number of nitrogens with zero attached hydrogens (tertiary/aromatic N) is 3. The number of carbonyl (C=O) groups excluding carboxylic acids is 2. The number of amides is 2. The predicted octanol–water partition coefficient (Wildman–Crippen LogP) is 5.87. The predicted molar refractivity (Wildman–Crippen MR) is 159 cm³/mol. The van der Waals surface area contributed by atoms with Gasteiger partial charge in [0.2, 0.25) is 0 Å². The second-order valence-corrected chi connectivity index (χ2v) is 9.69. The number of nitrogens with one attached hydrogen (secondary N) is 3. The molecule has 4 aromatic carbocycles. The molecule has 8 heteroatoms. The molecule has 5 rings (SSSR count). The molecule has 0 fully saturated rings. The maximum absolute atomic E-state index is 12.7. The van der Waals surface area contributed by atoms with Crippen LogP contribution in [0.3, 0.4) is 0 Å². The Morgan fingerprint density at radius 3 is 1.64 bits per heavy atom. The Bertz CT molecular complexity index is 1620. The molecule has 2 amide bonds. The van der Waals surface area contributed by atoms with E-state index >= 15 is 0 Å². The van der Waals surface area contributed by atoms with Crippen molar-refractivity contribution in [3.8, 4) is 11.4 Å². The lowest BCUT2D eigenvalue weighted by molar-refractivity contribution is 0.101. The number of benzene rings is 4. The summed E-state index contributed by atoms with van der Waals surface area (Å²) in [5.74, 6) is 0.357. The average Bonchev–Trinajstić information content (AvgIpc) is 3.37. The normalized spacial score (nSPS) is 10.8. The number of fused-ring (bicyclic) bond motifs is 1. The van der Waals surface area contributed by atoms with Crippen molar-refractivity contribution in [1.29, 1.82) is 0 Å². The van der Waals surface area contributed by atoms with Crippen molar-refractivity contribution in [1.82, 2.24) is 9.97 Å². The number of aromatic nitrogens is 2. The Morgan fingerprint density at radius 2 is 1.13 bits per heavy atom. The molecule has 0 radical (unpaired) electrons. The molecule has 0 aliphatic heterocycles. The summed E-state index contributed by atoms with van der Waals surface area (Å²) in [6, 6.07) is 28.0. The fourth-order valence-electron chi connectivity index (χ4n) is 4.16. The number of imidazole rings is 1. The lowest BCUT2D eigenvalue weighted by atomic mass is 10.1. The number of H-pyrrole nitrogens is 1. The van der Waals surface area contributed by atoms with E-state index in [2.05, 4.69) is 20.6 Å². The van der Waals surface area contributed by atoms with Gasteiger partial charge in [-0.05, 0) is 91.0 Å². The van der Waals surface area contributed by atoms with Gasteiger partial charge >= 0.3 is 0 Å². The molecule has 0 saturated heterocycles. The van der Waals surface area contributed by atoms with Crippen LogP contribution in [0.25, 0.3) is 22.4 Å². The van der Waals surface area contributed by atoms with Gasteiger partial charge in [-0.2, -0.15) is 0 Å². The fraction of sp³-hybridized carbons (Fsp3) is 0.129. The number of carbonyl (C=O) groups is 2. The first-order valence-corrected chi connectivity index (χ1v) is 12.5. The van der Waals surface area contributed by atoms with Crippen LogP contribution in [0.1, 0.15) is 20.7 Å². The average molecular weight is 519 g/mol. The number of hydrogen-bond acceptors (Lipinski definition) is 5. The minimum atomic E-state index is -0.175. The standard InChI is InChI=1S/C31H30N6O2/c1-36(2)25-14-7-21(8-15-25)30(38)32-23-11-5-20(6-12-23)29-34-27-18-13-24(19-28(27)35-29)33-31(39)22-9-16-26(17-10-22)37(3)4/h5-19H,1-4H3,(H,32,38)(H,33,39)(H,34,35). The third-order valence-corrected chi connectivity index (χ3v) is 6.45. The summed E-state index contributed by atoms with van der Waals surface area (Å²) in [7, 11) is 7.84. The Morgan fingerprint density at radius 1 is 0.641 bits per heavy atom. The summed E-state index contributed by atoms with van der Waals surface area (Å²) in [5, 5.41) is 5.89. The van der Waals surface area contributed by atoms with Crippen LogP contribution in [-0.4, -0.2) is 50.0 Å². The van der Waals surface area contributed by atoms with Crippen molar-refractivity contribution in [2.45, 2.75) is 0 Å². The number of aromatic amines is 1. The lowest BCUT2D eigenvalue weighted by Crippen LogP contribution is -2.13. The SMILES string of the molecule is CN(C)c1ccc(C(=O)Nc2ccc(-c3nc4ccc(NC(=O)c5ccc(N(C)C)cc5)cc4[nH]3)cc2)cc1. The van der Waals surface area contributed by atoms with Crippen molar-refractivity contribution in [3.63, 3.8) is 0 Å². The second-order valence-electron chi connectivity index (χ2n) is 9.69. The third kappa shape index (κ3) is 5.75. The number of hydrogen-bond donors (Lipinski definition) is 3. The summed E-state index contributed by atoms with van der Waals surface area (Å²) in [5.41, 5.74) is 7.09. The first kappa shape index (κ1) is 25.5. The van der Waals surface area contributed by atoms with E-state index in [1.807, 2.05) is 129 Å². The van der Waals surface area contributed by atoms with Gasteiger partial charge in [-0.15, -0.1) is 0 Å². The van der Waals surface area contributed by atoms with Gasteiger partial charge in [-0.1, -0.05) is 0 Å². The molecular formula is C31H30N6O2. The van der Waals surface area contributed by atoms with E-state index in [0.717, 1.165) is 28.0 Å². The second kappa shape index (κ2) is 10.7. The van der Waals surface area contributed by atoms with E-state index in [9.17, 15) is 9.59 Å². The van der Waals surface area contributed by atoms with Crippen LogP contribution >= 0.6 is 0 Å². The molecule has 8 nitrogen and oxygen atoms in total.